The van der Waals surface area contributed by atoms with E-state index in [0.717, 1.165) is 21.8 Å². The molecule has 1 aromatic rings. The Morgan fingerprint density at radius 1 is 1.03 bits per heavy atom. The highest BCUT2D eigenvalue weighted by atomic mass is 35.5. The van der Waals surface area contributed by atoms with E-state index in [2.05, 4.69) is 22.8 Å². The molecular formula is C24H38ClN3S. The fourth-order valence-electron chi connectivity index (χ4n) is 5.90. The summed E-state index contributed by atoms with van der Waals surface area (Å²) in [4.78, 5) is 10.1. The molecule has 2 heterocycles. The number of anilines is 1. The number of aromatic nitrogens is 1. The molecule has 1 aromatic heterocycles. The number of piperidine rings is 1. The van der Waals surface area contributed by atoms with Gasteiger partial charge in [-0.2, -0.15) is 0 Å². The van der Waals surface area contributed by atoms with Crippen LogP contribution in [0, 0.1) is 5.92 Å². The first-order chi connectivity index (χ1) is 14.3. The zero-order valence-corrected chi connectivity index (χ0v) is 19.7. The van der Waals surface area contributed by atoms with Crippen molar-refractivity contribution in [3.63, 3.8) is 0 Å². The summed E-state index contributed by atoms with van der Waals surface area (Å²) in [6.07, 6.45) is 21.9. The maximum Gasteiger partial charge on any atom is 0.187 e. The van der Waals surface area contributed by atoms with Gasteiger partial charge in [0.2, 0.25) is 0 Å². The van der Waals surface area contributed by atoms with Crippen LogP contribution in [0.15, 0.2) is 18.0 Å². The highest BCUT2D eigenvalue weighted by molar-refractivity contribution is 7.19. The van der Waals surface area contributed by atoms with Crippen molar-refractivity contribution in [2.24, 2.45) is 5.92 Å². The molecule has 1 saturated heterocycles. The number of thiazole rings is 1. The van der Waals surface area contributed by atoms with Crippen molar-refractivity contribution >= 4 is 28.1 Å². The van der Waals surface area contributed by atoms with Gasteiger partial charge in [0.25, 0.3) is 0 Å². The van der Waals surface area contributed by atoms with Gasteiger partial charge in [-0.05, 0) is 50.9 Å². The van der Waals surface area contributed by atoms with Crippen LogP contribution in [0.1, 0.15) is 90.4 Å². The maximum absolute atomic E-state index is 6.28. The second-order valence-electron chi connectivity index (χ2n) is 9.24. The quantitative estimate of drug-likeness (QED) is 0.468. The minimum absolute atomic E-state index is 0.616. The molecule has 2 aliphatic carbocycles. The number of nitrogens with zero attached hydrogens (tertiary/aromatic N) is 3. The third-order valence-corrected chi connectivity index (χ3v) is 8.44. The Hall–Kier alpha value is -0.740. The minimum atomic E-state index is 0.616. The van der Waals surface area contributed by atoms with Crippen molar-refractivity contribution in [2.75, 3.05) is 18.0 Å². The van der Waals surface area contributed by atoms with Crippen molar-refractivity contribution in [1.82, 2.24) is 9.88 Å². The molecule has 0 N–H and O–H groups in total. The summed E-state index contributed by atoms with van der Waals surface area (Å²) in [5, 5.41) is 1.16. The molecule has 29 heavy (non-hydrogen) atoms. The van der Waals surface area contributed by atoms with Gasteiger partial charge in [0.05, 0.1) is 6.20 Å². The Morgan fingerprint density at radius 2 is 1.66 bits per heavy atom. The second kappa shape index (κ2) is 10.5. The van der Waals surface area contributed by atoms with Crippen LogP contribution in [0.3, 0.4) is 0 Å². The monoisotopic (exact) mass is 435 g/mol. The molecule has 0 bridgehead atoms. The number of allylic oxidation sites excluding steroid dienone is 2. The Kier molecular flexibility index (Phi) is 7.80. The van der Waals surface area contributed by atoms with Crippen LogP contribution in [0.5, 0.6) is 0 Å². The van der Waals surface area contributed by atoms with Crippen LogP contribution in [-0.2, 0) is 0 Å². The van der Waals surface area contributed by atoms with E-state index in [1.54, 1.807) is 17.0 Å². The van der Waals surface area contributed by atoms with Crippen LogP contribution in [-0.4, -0.2) is 35.1 Å². The highest BCUT2D eigenvalue weighted by Crippen LogP contribution is 2.38. The fourth-order valence-corrected chi connectivity index (χ4v) is 6.94. The van der Waals surface area contributed by atoms with E-state index in [-0.39, 0.29) is 0 Å². The summed E-state index contributed by atoms with van der Waals surface area (Å²) in [6.45, 7) is 4.71. The number of halogens is 1. The summed E-state index contributed by atoms with van der Waals surface area (Å²) in [6, 6.07) is 1.28. The molecule has 3 fully saturated rings. The van der Waals surface area contributed by atoms with Crippen molar-refractivity contribution in [3.05, 3.63) is 22.3 Å². The summed E-state index contributed by atoms with van der Waals surface area (Å²) in [5.74, 6) is 0.812. The largest absolute Gasteiger partial charge is 0.375 e. The van der Waals surface area contributed by atoms with Gasteiger partial charge >= 0.3 is 0 Å². The Bertz CT molecular complexity index is 653. The first-order valence-corrected chi connectivity index (χ1v) is 13.3. The van der Waals surface area contributed by atoms with E-state index in [9.17, 15) is 0 Å². The van der Waals surface area contributed by atoms with Gasteiger partial charge in [-0.15, -0.1) is 0 Å². The lowest BCUT2D eigenvalue weighted by molar-refractivity contribution is 0.208. The van der Waals surface area contributed by atoms with E-state index in [0.29, 0.717) is 12.1 Å². The summed E-state index contributed by atoms with van der Waals surface area (Å²) in [7, 11) is 0. The van der Waals surface area contributed by atoms with Crippen molar-refractivity contribution in [2.45, 2.75) is 102 Å². The second-order valence-corrected chi connectivity index (χ2v) is 10.9. The number of hydrogen-bond acceptors (Lipinski definition) is 4. The Labute approximate surface area is 186 Å². The molecule has 1 aliphatic heterocycles. The van der Waals surface area contributed by atoms with E-state index >= 15 is 0 Å². The van der Waals surface area contributed by atoms with Gasteiger partial charge in [0, 0.05) is 30.9 Å². The number of likely N-dealkylation sites (tertiary alicyclic amines) is 1. The lowest BCUT2D eigenvalue weighted by Crippen LogP contribution is -2.50. The lowest BCUT2D eigenvalue weighted by Gasteiger charge is -2.45. The fraction of sp³-hybridized carbons (Fsp3) is 0.792. The van der Waals surface area contributed by atoms with E-state index < -0.39 is 0 Å². The zero-order chi connectivity index (χ0) is 20.1. The average Bonchev–Trinajstić information content (AvgIpc) is 3.20. The van der Waals surface area contributed by atoms with Gasteiger partial charge in [0.1, 0.15) is 4.34 Å². The van der Waals surface area contributed by atoms with Gasteiger partial charge in [-0.1, -0.05) is 74.5 Å². The third kappa shape index (κ3) is 5.31. The van der Waals surface area contributed by atoms with Gasteiger partial charge < -0.3 is 9.80 Å². The molecule has 4 rings (SSSR count). The molecule has 2 saturated carbocycles. The molecule has 3 nitrogen and oxygen atoms in total. The van der Waals surface area contributed by atoms with E-state index in [1.165, 1.54) is 90.1 Å². The molecule has 0 spiro atoms. The zero-order valence-electron chi connectivity index (χ0n) is 18.1. The van der Waals surface area contributed by atoms with E-state index in [1.807, 2.05) is 6.20 Å². The highest BCUT2D eigenvalue weighted by Gasteiger charge is 2.33. The molecule has 0 amide bonds. The Morgan fingerprint density at radius 3 is 2.24 bits per heavy atom. The minimum Gasteiger partial charge on any atom is -0.375 e. The summed E-state index contributed by atoms with van der Waals surface area (Å²) >= 11 is 7.96. The average molecular weight is 436 g/mol. The lowest BCUT2D eigenvalue weighted by atomic mass is 9.85. The summed E-state index contributed by atoms with van der Waals surface area (Å²) < 4.78 is 0.823. The topological polar surface area (TPSA) is 19.4 Å². The van der Waals surface area contributed by atoms with Crippen molar-refractivity contribution in [3.8, 4) is 0 Å². The SMILES string of the molecule is CC/C=C(\C1CCCCC1)N1CCC(N(c2ncc(Cl)s2)C2CCCCC2)CC1. The number of hydrogen-bond donors (Lipinski definition) is 0. The van der Waals surface area contributed by atoms with Gasteiger partial charge in [-0.25, -0.2) is 4.98 Å². The van der Waals surface area contributed by atoms with Gasteiger partial charge in [-0.3, -0.25) is 0 Å². The summed E-state index contributed by atoms with van der Waals surface area (Å²) in [5.41, 5.74) is 1.67. The van der Waals surface area contributed by atoms with Crippen LogP contribution >= 0.6 is 22.9 Å². The first kappa shape index (κ1) is 21.5. The van der Waals surface area contributed by atoms with Crippen LogP contribution in [0.2, 0.25) is 4.34 Å². The molecule has 162 valence electrons. The normalized spacial score (nSPS) is 23.5. The van der Waals surface area contributed by atoms with Crippen molar-refractivity contribution < 1.29 is 0 Å². The van der Waals surface area contributed by atoms with Crippen LogP contribution < -0.4 is 4.90 Å². The van der Waals surface area contributed by atoms with E-state index in [4.69, 9.17) is 16.6 Å². The predicted octanol–water partition coefficient (Wildman–Crippen LogP) is 7.27. The van der Waals surface area contributed by atoms with Crippen LogP contribution in [0.25, 0.3) is 0 Å². The molecule has 0 unspecified atom stereocenters. The van der Waals surface area contributed by atoms with Gasteiger partial charge in [0.15, 0.2) is 5.13 Å². The third-order valence-electron chi connectivity index (χ3n) is 7.31. The van der Waals surface area contributed by atoms with Crippen LogP contribution in [0.4, 0.5) is 5.13 Å². The predicted molar refractivity (Wildman–Crippen MR) is 126 cm³/mol. The molecule has 0 atom stereocenters. The Balaban J connectivity index is 1.44. The standard InChI is InChI=1S/C24H38ClN3S/c1-2-9-22(19-10-5-3-6-11-19)27-16-14-21(15-17-27)28(20-12-7-4-8-13-20)24-26-18-23(25)29-24/h9,18-21H,2-8,10-17H2,1H3/b22-9+. The molecule has 0 aromatic carbocycles. The molecule has 0 radical (unpaired) electrons. The maximum atomic E-state index is 6.28. The molecule has 5 heteroatoms. The smallest absolute Gasteiger partial charge is 0.187 e. The number of rotatable bonds is 6. The molecule has 3 aliphatic rings. The first-order valence-electron chi connectivity index (χ1n) is 12.1. The van der Waals surface area contributed by atoms with Crippen molar-refractivity contribution in [1.29, 1.82) is 0 Å². The molecular weight excluding hydrogens is 398 g/mol.